The fraction of sp³-hybridized carbons (Fsp3) is 0.524. The predicted octanol–water partition coefficient (Wildman–Crippen LogP) is 2.69. The highest BCUT2D eigenvalue weighted by molar-refractivity contribution is 7.99. The fourth-order valence-corrected chi connectivity index (χ4v) is 4.48. The number of carbonyl (C=O) groups is 2. The minimum Gasteiger partial charge on any atom is -0.338 e. The van der Waals surface area contributed by atoms with Gasteiger partial charge in [-0.05, 0) is 32.4 Å². The Labute approximate surface area is 176 Å². The van der Waals surface area contributed by atoms with E-state index in [1.165, 1.54) is 11.8 Å². The Morgan fingerprint density at radius 2 is 1.90 bits per heavy atom. The Hall–Kier alpha value is -2.35. The van der Waals surface area contributed by atoms with Crippen LogP contribution in [0.15, 0.2) is 29.4 Å². The van der Waals surface area contributed by atoms with Crippen molar-refractivity contribution in [3.05, 3.63) is 35.7 Å². The average molecular weight is 416 g/mol. The normalized spacial score (nSPS) is 17.1. The van der Waals surface area contributed by atoms with Crippen LogP contribution in [0.1, 0.15) is 32.2 Å². The number of thioether (sulfide) groups is 1. The second-order valence-corrected chi connectivity index (χ2v) is 8.76. The monoisotopic (exact) mass is 415 g/mol. The SMILES string of the molecule is Cc1ccccc1-n1c(C)nnc1SCC(=O)N1CCN(C(=O)C(C)C)C(C)C1. The molecule has 1 aliphatic rings. The maximum atomic E-state index is 12.8. The molecular formula is C21H29N5O2S. The summed E-state index contributed by atoms with van der Waals surface area (Å²) < 4.78 is 2.00. The van der Waals surface area contributed by atoms with E-state index in [2.05, 4.69) is 10.2 Å². The maximum Gasteiger partial charge on any atom is 0.233 e. The Morgan fingerprint density at radius 1 is 1.17 bits per heavy atom. The van der Waals surface area contributed by atoms with Crippen molar-refractivity contribution >= 4 is 23.6 Å². The van der Waals surface area contributed by atoms with Gasteiger partial charge < -0.3 is 9.80 Å². The lowest BCUT2D eigenvalue weighted by Gasteiger charge is -2.40. The largest absolute Gasteiger partial charge is 0.338 e. The Bertz CT molecular complexity index is 895. The van der Waals surface area contributed by atoms with Crippen LogP contribution in [0.3, 0.4) is 0 Å². The molecule has 1 aromatic carbocycles. The zero-order valence-electron chi connectivity index (χ0n) is 17.8. The van der Waals surface area contributed by atoms with Crippen molar-refractivity contribution in [2.24, 2.45) is 5.92 Å². The van der Waals surface area contributed by atoms with E-state index >= 15 is 0 Å². The molecule has 156 valence electrons. The number of para-hydroxylation sites is 1. The van der Waals surface area contributed by atoms with Gasteiger partial charge in [0.1, 0.15) is 5.82 Å². The number of aryl methyl sites for hydroxylation is 2. The summed E-state index contributed by atoms with van der Waals surface area (Å²) in [6, 6.07) is 8.10. The van der Waals surface area contributed by atoms with Crippen LogP contribution >= 0.6 is 11.8 Å². The molecular weight excluding hydrogens is 386 g/mol. The van der Waals surface area contributed by atoms with Gasteiger partial charge in [-0.2, -0.15) is 0 Å². The van der Waals surface area contributed by atoms with E-state index in [4.69, 9.17) is 0 Å². The quantitative estimate of drug-likeness (QED) is 0.702. The van der Waals surface area contributed by atoms with Gasteiger partial charge in [0.25, 0.3) is 0 Å². The first-order valence-corrected chi connectivity index (χ1v) is 11.0. The lowest BCUT2D eigenvalue weighted by atomic mass is 10.1. The molecule has 1 unspecified atom stereocenters. The van der Waals surface area contributed by atoms with Crippen molar-refractivity contribution in [1.82, 2.24) is 24.6 Å². The Morgan fingerprint density at radius 3 is 2.55 bits per heavy atom. The van der Waals surface area contributed by atoms with Crippen molar-refractivity contribution in [2.75, 3.05) is 25.4 Å². The van der Waals surface area contributed by atoms with E-state index < -0.39 is 0 Å². The minimum atomic E-state index is -0.0219. The molecule has 0 radical (unpaired) electrons. The standard InChI is InChI=1S/C21H29N5O2S/c1-14(2)20(28)25-11-10-24(12-16(25)4)19(27)13-29-21-23-22-17(5)26(21)18-9-7-6-8-15(18)3/h6-9,14,16H,10-13H2,1-5H3. The van der Waals surface area contributed by atoms with Gasteiger partial charge in [0.2, 0.25) is 11.8 Å². The third kappa shape index (κ3) is 4.63. The number of amides is 2. The summed E-state index contributed by atoms with van der Waals surface area (Å²) in [5.74, 6) is 1.29. The third-order valence-electron chi connectivity index (χ3n) is 5.23. The van der Waals surface area contributed by atoms with Crippen LogP contribution in [-0.2, 0) is 9.59 Å². The molecule has 0 spiro atoms. The highest BCUT2D eigenvalue weighted by Gasteiger charge is 2.30. The number of nitrogens with zero attached hydrogens (tertiary/aromatic N) is 5. The minimum absolute atomic E-state index is 0.0219. The zero-order valence-corrected chi connectivity index (χ0v) is 18.6. The van der Waals surface area contributed by atoms with E-state index in [1.807, 2.05) is 73.3 Å². The molecule has 1 aromatic heterocycles. The molecule has 0 aliphatic carbocycles. The van der Waals surface area contributed by atoms with Gasteiger partial charge in [-0.25, -0.2) is 0 Å². The van der Waals surface area contributed by atoms with Crippen molar-refractivity contribution in [1.29, 1.82) is 0 Å². The molecule has 2 aromatic rings. The summed E-state index contributed by atoms with van der Waals surface area (Å²) in [4.78, 5) is 28.8. The summed E-state index contributed by atoms with van der Waals surface area (Å²) in [5, 5.41) is 9.19. The van der Waals surface area contributed by atoms with Crippen LogP contribution in [0.2, 0.25) is 0 Å². The number of hydrogen-bond donors (Lipinski definition) is 0. The van der Waals surface area contributed by atoms with Crippen LogP contribution < -0.4 is 0 Å². The highest BCUT2D eigenvalue weighted by Crippen LogP contribution is 2.24. The molecule has 1 aliphatic heterocycles. The third-order valence-corrected chi connectivity index (χ3v) is 6.15. The molecule has 0 N–H and O–H groups in total. The zero-order chi connectivity index (χ0) is 21.1. The Balaban J connectivity index is 1.64. The van der Waals surface area contributed by atoms with Crippen molar-refractivity contribution < 1.29 is 9.59 Å². The molecule has 1 fully saturated rings. The number of hydrogen-bond acceptors (Lipinski definition) is 5. The number of piperazine rings is 1. The van der Waals surface area contributed by atoms with E-state index in [1.54, 1.807) is 0 Å². The van der Waals surface area contributed by atoms with Crippen LogP contribution in [0.4, 0.5) is 0 Å². The first-order chi connectivity index (χ1) is 13.8. The van der Waals surface area contributed by atoms with Gasteiger partial charge in [-0.1, -0.05) is 43.8 Å². The molecule has 29 heavy (non-hydrogen) atoms. The second-order valence-electron chi connectivity index (χ2n) is 7.82. The van der Waals surface area contributed by atoms with Gasteiger partial charge in [0.05, 0.1) is 11.4 Å². The van der Waals surface area contributed by atoms with E-state index in [0.29, 0.717) is 30.5 Å². The van der Waals surface area contributed by atoms with Crippen LogP contribution in [-0.4, -0.2) is 67.8 Å². The van der Waals surface area contributed by atoms with Gasteiger partial charge in [-0.15, -0.1) is 10.2 Å². The molecule has 8 heteroatoms. The van der Waals surface area contributed by atoms with Crippen LogP contribution in [0, 0.1) is 19.8 Å². The summed E-state index contributed by atoms with van der Waals surface area (Å²) in [5.41, 5.74) is 2.16. The predicted molar refractivity (Wildman–Crippen MR) is 114 cm³/mol. The van der Waals surface area contributed by atoms with E-state index in [9.17, 15) is 9.59 Å². The topological polar surface area (TPSA) is 71.3 Å². The van der Waals surface area contributed by atoms with Gasteiger partial charge in [0, 0.05) is 31.6 Å². The van der Waals surface area contributed by atoms with Crippen LogP contribution in [0.5, 0.6) is 0 Å². The molecule has 1 saturated heterocycles. The summed E-state index contributed by atoms with van der Waals surface area (Å²) in [7, 11) is 0. The fourth-order valence-electron chi connectivity index (χ4n) is 3.59. The first-order valence-electron chi connectivity index (χ1n) is 9.98. The average Bonchev–Trinajstić information content (AvgIpc) is 3.06. The summed E-state index contributed by atoms with van der Waals surface area (Å²) >= 11 is 1.40. The maximum absolute atomic E-state index is 12.8. The summed E-state index contributed by atoms with van der Waals surface area (Å²) in [6.45, 7) is 11.5. The van der Waals surface area contributed by atoms with Crippen molar-refractivity contribution in [3.63, 3.8) is 0 Å². The summed E-state index contributed by atoms with van der Waals surface area (Å²) in [6.07, 6.45) is 0. The number of rotatable bonds is 5. The van der Waals surface area contributed by atoms with Crippen molar-refractivity contribution in [3.8, 4) is 5.69 Å². The smallest absolute Gasteiger partial charge is 0.233 e. The van der Waals surface area contributed by atoms with Crippen molar-refractivity contribution in [2.45, 2.75) is 45.8 Å². The lowest BCUT2D eigenvalue weighted by Crippen LogP contribution is -2.56. The number of benzene rings is 1. The molecule has 2 amide bonds. The molecule has 7 nitrogen and oxygen atoms in total. The molecule has 1 atom stereocenters. The van der Waals surface area contributed by atoms with E-state index in [0.717, 1.165) is 17.1 Å². The van der Waals surface area contributed by atoms with Crippen LogP contribution in [0.25, 0.3) is 5.69 Å². The van der Waals surface area contributed by atoms with Gasteiger partial charge in [-0.3, -0.25) is 14.2 Å². The van der Waals surface area contributed by atoms with E-state index in [-0.39, 0.29) is 23.8 Å². The molecule has 0 bridgehead atoms. The Kier molecular flexibility index (Phi) is 6.62. The molecule has 3 rings (SSSR count). The number of aromatic nitrogens is 3. The van der Waals surface area contributed by atoms with Gasteiger partial charge >= 0.3 is 0 Å². The highest BCUT2D eigenvalue weighted by atomic mass is 32.2. The second kappa shape index (κ2) is 8.98. The molecule has 2 heterocycles. The van der Waals surface area contributed by atoms with Gasteiger partial charge in [0.15, 0.2) is 5.16 Å². The first kappa shape index (κ1) is 21.4. The number of carbonyl (C=O) groups excluding carboxylic acids is 2. The lowest BCUT2D eigenvalue weighted by molar-refractivity contribution is -0.143. The molecule has 0 saturated carbocycles.